The summed E-state index contributed by atoms with van der Waals surface area (Å²) in [6.07, 6.45) is 7.59. The summed E-state index contributed by atoms with van der Waals surface area (Å²) in [6, 6.07) is 7.47. The van der Waals surface area contributed by atoms with Crippen molar-refractivity contribution < 1.29 is 4.79 Å². The highest BCUT2D eigenvalue weighted by Crippen LogP contribution is 2.37. The van der Waals surface area contributed by atoms with Gasteiger partial charge in [-0.2, -0.15) is 10.4 Å². The van der Waals surface area contributed by atoms with Gasteiger partial charge in [-0.15, -0.1) is 0 Å². The lowest BCUT2D eigenvalue weighted by Gasteiger charge is -2.38. The van der Waals surface area contributed by atoms with E-state index in [1.165, 1.54) is 0 Å². The van der Waals surface area contributed by atoms with Gasteiger partial charge in [0.25, 0.3) is 0 Å². The highest BCUT2D eigenvalue weighted by atomic mass is 35.5. The number of nitrogens with zero attached hydrogens (tertiary/aromatic N) is 6. The first-order valence-corrected chi connectivity index (χ1v) is 13.3. The van der Waals surface area contributed by atoms with E-state index in [1.807, 2.05) is 13.0 Å². The van der Waals surface area contributed by atoms with Gasteiger partial charge in [0.2, 0.25) is 5.91 Å². The summed E-state index contributed by atoms with van der Waals surface area (Å²) in [5.74, 6) is 0.460. The molecule has 1 N–H and O–H groups in total. The van der Waals surface area contributed by atoms with Crippen LogP contribution in [0.3, 0.4) is 0 Å². The van der Waals surface area contributed by atoms with Crippen molar-refractivity contribution in [2.24, 2.45) is 5.92 Å². The second kappa shape index (κ2) is 10.4. The summed E-state index contributed by atoms with van der Waals surface area (Å²) in [5.41, 5.74) is 3.97. The SMILES string of the molecule is CNC(=O)[C@@H]1CCCN1[C@H]1CC=C(c2cnc3c(C#N)nn(C(C)c4ccc(Cl)cc4Cl)c3n2)C[C@H]1C. The van der Waals surface area contributed by atoms with Crippen molar-refractivity contribution in [3.8, 4) is 6.07 Å². The second-order valence-corrected chi connectivity index (χ2v) is 10.7. The lowest BCUT2D eigenvalue weighted by Crippen LogP contribution is -2.49. The summed E-state index contributed by atoms with van der Waals surface area (Å²) >= 11 is 12.6. The standard InChI is InChI=1S/C27H29Cl2N7O/c1-15-11-17(6-9-23(15)35-10-4-5-24(35)27(37)31-3)22-14-32-25-21(13-30)34-36(26(25)33-22)16(2)19-8-7-18(28)12-20(19)29/h6-8,12,14-16,23-24H,4-5,9-11H2,1-3H3,(H,31,37)/t15-,16?,23+,24+/m1/s1. The van der Waals surface area contributed by atoms with E-state index in [9.17, 15) is 10.1 Å². The maximum Gasteiger partial charge on any atom is 0.237 e. The minimum absolute atomic E-state index is 0.0523. The van der Waals surface area contributed by atoms with Gasteiger partial charge in [-0.05, 0) is 68.3 Å². The van der Waals surface area contributed by atoms with Crippen LogP contribution in [0, 0.1) is 17.2 Å². The molecule has 2 aliphatic rings. The summed E-state index contributed by atoms with van der Waals surface area (Å²) < 4.78 is 1.72. The van der Waals surface area contributed by atoms with Crippen LogP contribution in [0.15, 0.2) is 30.5 Å². The Morgan fingerprint density at radius 1 is 1.32 bits per heavy atom. The Balaban J connectivity index is 1.47. The van der Waals surface area contributed by atoms with Gasteiger partial charge in [-0.3, -0.25) is 9.69 Å². The third-order valence-corrected chi connectivity index (χ3v) is 8.25. The lowest BCUT2D eigenvalue weighted by atomic mass is 9.83. The van der Waals surface area contributed by atoms with E-state index in [-0.39, 0.29) is 23.7 Å². The van der Waals surface area contributed by atoms with Crippen molar-refractivity contribution in [2.45, 2.75) is 57.7 Å². The van der Waals surface area contributed by atoms with Gasteiger partial charge in [0.15, 0.2) is 11.3 Å². The molecule has 0 spiro atoms. The van der Waals surface area contributed by atoms with Crippen molar-refractivity contribution in [1.29, 1.82) is 5.26 Å². The average Bonchev–Trinajstić information content (AvgIpc) is 3.52. The molecule has 1 aromatic carbocycles. The van der Waals surface area contributed by atoms with E-state index >= 15 is 0 Å². The number of carbonyl (C=O) groups is 1. The van der Waals surface area contributed by atoms with E-state index in [0.29, 0.717) is 33.2 Å². The number of rotatable bonds is 5. The van der Waals surface area contributed by atoms with E-state index < -0.39 is 0 Å². The summed E-state index contributed by atoms with van der Waals surface area (Å²) in [4.78, 5) is 24.3. The third kappa shape index (κ3) is 4.72. The van der Waals surface area contributed by atoms with Crippen LogP contribution in [0.5, 0.6) is 0 Å². The maximum atomic E-state index is 12.4. The molecular weight excluding hydrogens is 509 g/mol. The van der Waals surface area contributed by atoms with Crippen LogP contribution >= 0.6 is 23.2 Å². The molecule has 3 heterocycles. The first-order chi connectivity index (χ1) is 17.8. The summed E-state index contributed by atoms with van der Waals surface area (Å²) in [7, 11) is 1.71. The molecule has 5 rings (SSSR count). The molecule has 1 amide bonds. The van der Waals surface area contributed by atoms with E-state index in [1.54, 1.807) is 30.1 Å². The Hall–Kier alpha value is -2.99. The molecule has 10 heteroatoms. The second-order valence-electron chi connectivity index (χ2n) is 9.90. The Labute approximate surface area is 226 Å². The maximum absolute atomic E-state index is 12.4. The smallest absolute Gasteiger partial charge is 0.237 e. The normalized spacial score (nSPS) is 23.0. The van der Waals surface area contributed by atoms with Crippen LogP contribution in [0.4, 0.5) is 0 Å². The van der Waals surface area contributed by atoms with Gasteiger partial charge in [0.05, 0.1) is 24.0 Å². The topological polar surface area (TPSA) is 99.7 Å². The van der Waals surface area contributed by atoms with Crippen LogP contribution in [0.1, 0.15) is 62.5 Å². The number of hydrogen-bond donors (Lipinski definition) is 1. The van der Waals surface area contributed by atoms with Gasteiger partial charge in [-0.25, -0.2) is 14.6 Å². The number of allylic oxidation sites excluding steroid dienone is 1. The molecule has 4 atom stereocenters. The summed E-state index contributed by atoms with van der Waals surface area (Å²) in [5, 5.41) is 18.1. The number of hydrogen-bond acceptors (Lipinski definition) is 6. The number of nitrogens with one attached hydrogen (secondary N) is 1. The predicted octanol–water partition coefficient (Wildman–Crippen LogP) is 5.01. The zero-order valence-electron chi connectivity index (χ0n) is 21.1. The van der Waals surface area contributed by atoms with Gasteiger partial charge in [-0.1, -0.05) is 42.3 Å². The first kappa shape index (κ1) is 25.7. The largest absolute Gasteiger partial charge is 0.358 e. The molecule has 1 saturated heterocycles. The van der Waals surface area contributed by atoms with E-state index in [4.69, 9.17) is 28.2 Å². The number of fused-ring (bicyclic) bond motifs is 1. The molecule has 8 nitrogen and oxygen atoms in total. The number of amides is 1. The highest BCUT2D eigenvalue weighted by Gasteiger charge is 2.38. The van der Waals surface area contributed by atoms with E-state index in [0.717, 1.165) is 49.1 Å². The number of benzene rings is 1. The van der Waals surface area contributed by atoms with Gasteiger partial charge in [0, 0.05) is 23.1 Å². The van der Waals surface area contributed by atoms with Crippen LogP contribution in [-0.2, 0) is 4.79 Å². The van der Waals surface area contributed by atoms with Crippen molar-refractivity contribution in [3.05, 3.63) is 57.5 Å². The molecule has 3 aromatic rings. The molecule has 37 heavy (non-hydrogen) atoms. The lowest BCUT2D eigenvalue weighted by molar-refractivity contribution is -0.126. The quantitative estimate of drug-likeness (QED) is 0.491. The molecule has 1 aliphatic carbocycles. The number of nitriles is 1. The number of carbonyl (C=O) groups excluding carboxylic acids is 1. The average molecular weight is 538 g/mol. The van der Waals surface area contributed by atoms with Gasteiger partial charge >= 0.3 is 0 Å². The van der Waals surface area contributed by atoms with Crippen molar-refractivity contribution in [1.82, 2.24) is 30.0 Å². The number of halogens is 2. The zero-order chi connectivity index (χ0) is 26.3. The van der Waals surface area contributed by atoms with Crippen LogP contribution in [-0.4, -0.2) is 56.2 Å². The zero-order valence-corrected chi connectivity index (χ0v) is 22.6. The van der Waals surface area contributed by atoms with Crippen LogP contribution in [0.25, 0.3) is 16.7 Å². The third-order valence-electron chi connectivity index (χ3n) is 7.69. The fourth-order valence-electron chi connectivity index (χ4n) is 5.75. The van der Waals surface area contributed by atoms with Crippen molar-refractivity contribution >= 4 is 45.8 Å². The molecular formula is C27H29Cl2N7O. The Kier molecular flexibility index (Phi) is 7.21. The fraction of sp³-hybridized carbons (Fsp3) is 0.444. The molecule has 192 valence electrons. The Morgan fingerprint density at radius 3 is 2.84 bits per heavy atom. The Morgan fingerprint density at radius 2 is 2.14 bits per heavy atom. The van der Waals surface area contributed by atoms with Crippen molar-refractivity contribution in [2.75, 3.05) is 13.6 Å². The molecule has 2 aromatic heterocycles. The summed E-state index contributed by atoms with van der Waals surface area (Å²) in [6.45, 7) is 5.15. The Bertz CT molecular complexity index is 1430. The monoisotopic (exact) mass is 537 g/mol. The van der Waals surface area contributed by atoms with Crippen molar-refractivity contribution in [3.63, 3.8) is 0 Å². The minimum atomic E-state index is -0.278. The molecule has 1 aliphatic heterocycles. The molecule has 0 bridgehead atoms. The molecule has 0 radical (unpaired) electrons. The number of aromatic nitrogens is 4. The first-order valence-electron chi connectivity index (χ1n) is 12.6. The predicted molar refractivity (Wildman–Crippen MR) is 144 cm³/mol. The molecule has 1 unspecified atom stereocenters. The van der Waals surface area contributed by atoms with Crippen LogP contribution in [0.2, 0.25) is 10.0 Å². The molecule has 0 saturated carbocycles. The van der Waals surface area contributed by atoms with E-state index in [2.05, 4.69) is 39.4 Å². The minimum Gasteiger partial charge on any atom is -0.358 e. The fourth-order valence-corrected chi connectivity index (χ4v) is 6.31. The number of likely N-dealkylation sites (N-methyl/N-ethyl adjacent to an activating group) is 1. The number of likely N-dealkylation sites (tertiary alicyclic amines) is 1. The highest BCUT2D eigenvalue weighted by molar-refractivity contribution is 6.35. The van der Waals surface area contributed by atoms with Gasteiger partial charge in [0.1, 0.15) is 11.6 Å². The van der Waals surface area contributed by atoms with Gasteiger partial charge < -0.3 is 5.32 Å². The molecule has 1 fully saturated rings. The van der Waals surface area contributed by atoms with Crippen LogP contribution < -0.4 is 5.32 Å².